The summed E-state index contributed by atoms with van der Waals surface area (Å²) in [5.74, 6) is 0.756. The fraction of sp³-hybridized carbons (Fsp3) is 0.667. The largest absolute Gasteiger partial charge is 0.395 e. The van der Waals surface area contributed by atoms with Gasteiger partial charge in [0.1, 0.15) is 0 Å². The minimum atomic E-state index is 0.268. The quantitative estimate of drug-likeness (QED) is 0.750. The van der Waals surface area contributed by atoms with Gasteiger partial charge in [-0.15, -0.1) is 0 Å². The van der Waals surface area contributed by atoms with Crippen molar-refractivity contribution >= 4 is 5.69 Å². The van der Waals surface area contributed by atoms with Gasteiger partial charge in [0, 0.05) is 13.0 Å². The molecule has 4 heteroatoms. The van der Waals surface area contributed by atoms with Gasteiger partial charge in [0.15, 0.2) is 5.76 Å². The predicted molar refractivity (Wildman–Crippen MR) is 48.2 cm³/mol. The Hall–Kier alpha value is -1.03. The number of hydrogen-bond acceptors (Lipinski definition) is 4. The molecule has 1 aromatic rings. The normalized spacial score (nSPS) is 23.2. The lowest BCUT2D eigenvalue weighted by Crippen LogP contribution is -2.21. The molecule has 2 heterocycles. The minimum absolute atomic E-state index is 0.268. The Bertz CT molecular complexity index is 266. The van der Waals surface area contributed by atoms with Crippen molar-refractivity contribution in [2.45, 2.75) is 31.8 Å². The maximum Gasteiger partial charge on any atom is 0.162 e. The Morgan fingerprint density at radius 3 is 3.08 bits per heavy atom. The molecule has 1 unspecified atom stereocenters. The van der Waals surface area contributed by atoms with E-state index < -0.39 is 0 Å². The van der Waals surface area contributed by atoms with Crippen molar-refractivity contribution in [2.24, 2.45) is 0 Å². The summed E-state index contributed by atoms with van der Waals surface area (Å²) in [6.07, 6.45) is 6.06. The van der Waals surface area contributed by atoms with E-state index in [2.05, 4.69) is 5.16 Å². The van der Waals surface area contributed by atoms with Crippen molar-refractivity contribution in [2.75, 3.05) is 12.3 Å². The van der Waals surface area contributed by atoms with E-state index in [1.807, 2.05) is 0 Å². The molecule has 4 nitrogen and oxygen atoms in total. The number of rotatable bonds is 2. The SMILES string of the molecule is Nc1cnoc1CC1CCCCO1. The third-order valence-electron chi connectivity index (χ3n) is 2.36. The van der Waals surface area contributed by atoms with Gasteiger partial charge in [0.25, 0.3) is 0 Å². The van der Waals surface area contributed by atoms with E-state index in [1.54, 1.807) is 0 Å². The molecule has 1 aliphatic heterocycles. The lowest BCUT2D eigenvalue weighted by molar-refractivity contribution is 0.0133. The van der Waals surface area contributed by atoms with Gasteiger partial charge in [0.2, 0.25) is 0 Å². The van der Waals surface area contributed by atoms with Crippen LogP contribution in [0, 0.1) is 0 Å². The molecule has 1 saturated heterocycles. The molecule has 72 valence electrons. The first-order valence-electron chi connectivity index (χ1n) is 4.67. The Balaban J connectivity index is 1.93. The Kier molecular flexibility index (Phi) is 2.49. The van der Waals surface area contributed by atoms with E-state index in [-0.39, 0.29) is 6.10 Å². The maximum atomic E-state index is 5.65. The number of anilines is 1. The van der Waals surface area contributed by atoms with Crippen LogP contribution in [0.15, 0.2) is 10.7 Å². The third-order valence-corrected chi connectivity index (χ3v) is 2.36. The first kappa shape index (κ1) is 8.56. The molecular weight excluding hydrogens is 168 g/mol. The van der Waals surface area contributed by atoms with Gasteiger partial charge >= 0.3 is 0 Å². The zero-order valence-electron chi connectivity index (χ0n) is 7.53. The zero-order valence-corrected chi connectivity index (χ0v) is 7.53. The summed E-state index contributed by atoms with van der Waals surface area (Å²) in [6.45, 7) is 0.860. The number of ether oxygens (including phenoxy) is 1. The number of nitrogens with zero attached hydrogens (tertiary/aromatic N) is 1. The van der Waals surface area contributed by atoms with Gasteiger partial charge in [-0.05, 0) is 19.3 Å². The van der Waals surface area contributed by atoms with Crippen LogP contribution in [0.2, 0.25) is 0 Å². The predicted octanol–water partition coefficient (Wildman–Crippen LogP) is 1.37. The summed E-state index contributed by atoms with van der Waals surface area (Å²) in [4.78, 5) is 0. The van der Waals surface area contributed by atoms with E-state index in [1.165, 1.54) is 19.0 Å². The lowest BCUT2D eigenvalue weighted by Gasteiger charge is -2.21. The Labute approximate surface area is 77.0 Å². The van der Waals surface area contributed by atoms with Crippen molar-refractivity contribution in [3.05, 3.63) is 12.0 Å². The molecular formula is C9H14N2O2. The average Bonchev–Trinajstić information content (AvgIpc) is 2.54. The fourth-order valence-corrected chi connectivity index (χ4v) is 1.60. The zero-order chi connectivity index (χ0) is 9.10. The Morgan fingerprint density at radius 2 is 2.46 bits per heavy atom. The van der Waals surface area contributed by atoms with Gasteiger partial charge in [-0.1, -0.05) is 5.16 Å². The molecule has 0 bridgehead atoms. The summed E-state index contributed by atoms with van der Waals surface area (Å²) in [6, 6.07) is 0. The van der Waals surface area contributed by atoms with Crippen LogP contribution in [0.25, 0.3) is 0 Å². The maximum absolute atomic E-state index is 5.65. The van der Waals surface area contributed by atoms with Crippen molar-refractivity contribution in [1.82, 2.24) is 5.16 Å². The van der Waals surface area contributed by atoms with Crippen LogP contribution >= 0.6 is 0 Å². The minimum Gasteiger partial charge on any atom is -0.395 e. The summed E-state index contributed by atoms with van der Waals surface area (Å²) in [7, 11) is 0. The Morgan fingerprint density at radius 1 is 1.54 bits per heavy atom. The van der Waals surface area contributed by atoms with Crippen molar-refractivity contribution in [1.29, 1.82) is 0 Å². The molecule has 0 aromatic carbocycles. The van der Waals surface area contributed by atoms with Crippen LogP contribution in [-0.4, -0.2) is 17.9 Å². The highest BCUT2D eigenvalue weighted by molar-refractivity contribution is 5.38. The topological polar surface area (TPSA) is 61.3 Å². The van der Waals surface area contributed by atoms with E-state index in [0.29, 0.717) is 5.69 Å². The molecule has 0 radical (unpaired) electrons. The number of nitrogens with two attached hydrogens (primary N) is 1. The van der Waals surface area contributed by atoms with E-state index >= 15 is 0 Å². The molecule has 0 saturated carbocycles. The first-order chi connectivity index (χ1) is 6.36. The number of hydrogen-bond donors (Lipinski definition) is 1. The van der Waals surface area contributed by atoms with Gasteiger partial charge in [-0.2, -0.15) is 0 Å². The van der Waals surface area contributed by atoms with Crippen LogP contribution in [0.5, 0.6) is 0 Å². The molecule has 0 aliphatic carbocycles. The van der Waals surface area contributed by atoms with E-state index in [9.17, 15) is 0 Å². The summed E-state index contributed by atoms with van der Waals surface area (Å²) in [5, 5.41) is 3.63. The lowest BCUT2D eigenvalue weighted by atomic mass is 10.0. The number of nitrogen functional groups attached to an aromatic ring is 1. The number of aromatic nitrogens is 1. The average molecular weight is 182 g/mol. The van der Waals surface area contributed by atoms with Crippen LogP contribution in [-0.2, 0) is 11.2 Å². The van der Waals surface area contributed by atoms with Gasteiger partial charge < -0.3 is 15.0 Å². The highest BCUT2D eigenvalue weighted by Gasteiger charge is 2.17. The molecule has 13 heavy (non-hydrogen) atoms. The second-order valence-electron chi connectivity index (χ2n) is 3.40. The standard InChI is InChI=1S/C9H14N2O2/c10-8-6-11-13-9(8)5-7-3-1-2-4-12-7/h6-7H,1-5,10H2. The molecule has 1 aromatic heterocycles. The van der Waals surface area contributed by atoms with Gasteiger partial charge in [-0.3, -0.25) is 0 Å². The second-order valence-corrected chi connectivity index (χ2v) is 3.40. The second kappa shape index (κ2) is 3.79. The summed E-state index contributed by atoms with van der Waals surface area (Å²) < 4.78 is 10.6. The van der Waals surface area contributed by atoms with E-state index in [4.69, 9.17) is 15.0 Å². The first-order valence-corrected chi connectivity index (χ1v) is 4.67. The molecule has 1 aliphatic rings. The van der Waals surface area contributed by atoms with Gasteiger partial charge in [0.05, 0.1) is 18.0 Å². The molecule has 2 N–H and O–H groups in total. The molecule has 0 spiro atoms. The van der Waals surface area contributed by atoms with Crippen molar-refractivity contribution in [3.8, 4) is 0 Å². The highest BCUT2D eigenvalue weighted by Crippen LogP contribution is 2.19. The third kappa shape index (κ3) is 2.01. The van der Waals surface area contributed by atoms with Crippen LogP contribution in [0.1, 0.15) is 25.0 Å². The van der Waals surface area contributed by atoms with Gasteiger partial charge in [-0.25, -0.2) is 0 Å². The summed E-state index contributed by atoms with van der Waals surface area (Å²) >= 11 is 0. The molecule has 2 rings (SSSR count). The van der Waals surface area contributed by atoms with Crippen molar-refractivity contribution in [3.63, 3.8) is 0 Å². The molecule has 0 amide bonds. The van der Waals surface area contributed by atoms with Crippen LogP contribution in [0.4, 0.5) is 5.69 Å². The molecule has 1 atom stereocenters. The van der Waals surface area contributed by atoms with Crippen LogP contribution < -0.4 is 5.73 Å². The van der Waals surface area contributed by atoms with Crippen LogP contribution in [0.3, 0.4) is 0 Å². The van der Waals surface area contributed by atoms with Crippen molar-refractivity contribution < 1.29 is 9.26 Å². The summed E-state index contributed by atoms with van der Waals surface area (Å²) in [5.41, 5.74) is 6.28. The monoisotopic (exact) mass is 182 g/mol. The van der Waals surface area contributed by atoms with E-state index in [0.717, 1.165) is 25.2 Å². The highest BCUT2D eigenvalue weighted by atomic mass is 16.5. The fourth-order valence-electron chi connectivity index (χ4n) is 1.60. The smallest absolute Gasteiger partial charge is 0.162 e. The molecule has 1 fully saturated rings.